The van der Waals surface area contributed by atoms with Gasteiger partial charge in [-0.2, -0.15) is 0 Å². The number of unbranched alkanes of at least 4 members (excludes halogenated alkanes) is 21. The molecule has 290 valence electrons. The third kappa shape index (κ3) is 38.8. The van der Waals surface area contributed by atoms with Gasteiger partial charge in [0.1, 0.15) is 6.61 Å². The van der Waals surface area contributed by atoms with Crippen molar-refractivity contribution in [3.63, 3.8) is 0 Å². The van der Waals surface area contributed by atoms with Crippen LogP contribution >= 0.6 is 7.82 Å². The van der Waals surface area contributed by atoms with Gasteiger partial charge in [-0.3, -0.25) is 9.32 Å². The first-order chi connectivity index (χ1) is 24.3. The highest BCUT2D eigenvalue weighted by Gasteiger charge is 2.22. The molecule has 0 aromatic heterocycles. The van der Waals surface area contributed by atoms with Crippen LogP contribution in [-0.2, 0) is 28.2 Å². The molecular weight excluding hydrogens is 651 g/mol. The zero-order chi connectivity index (χ0) is 36.8. The number of ether oxygens (including phenoxy) is 2. The zero-order valence-corrected chi connectivity index (χ0v) is 32.7. The van der Waals surface area contributed by atoms with Crippen molar-refractivity contribution in [1.29, 1.82) is 0 Å². The van der Waals surface area contributed by atoms with Crippen LogP contribution in [0.1, 0.15) is 181 Å². The summed E-state index contributed by atoms with van der Waals surface area (Å²) in [6, 6.07) is 0. The van der Waals surface area contributed by atoms with Crippen LogP contribution < -0.4 is 0 Å². The number of esters is 2. The number of phosphoric ester groups is 1. The van der Waals surface area contributed by atoms with E-state index in [0.29, 0.717) is 6.42 Å². The Morgan fingerprint density at radius 1 is 0.580 bits per heavy atom. The van der Waals surface area contributed by atoms with Gasteiger partial charge >= 0.3 is 19.8 Å². The molecule has 0 aliphatic heterocycles. The lowest BCUT2D eigenvalue weighted by Gasteiger charge is -2.18. The summed E-state index contributed by atoms with van der Waals surface area (Å²) in [5.41, 5.74) is 0. The van der Waals surface area contributed by atoms with E-state index >= 15 is 0 Å². The second-order valence-electron chi connectivity index (χ2n) is 13.3. The molecule has 0 saturated heterocycles. The Bertz CT molecular complexity index is 952. The van der Waals surface area contributed by atoms with Crippen molar-refractivity contribution < 1.29 is 37.9 Å². The van der Waals surface area contributed by atoms with Crippen LogP contribution in [0.5, 0.6) is 0 Å². The maximum absolute atomic E-state index is 12.4. The van der Waals surface area contributed by atoms with Crippen LogP contribution in [0.25, 0.3) is 0 Å². The normalized spacial score (nSPS) is 13.0. The SMILES string of the molecule is CCCCC/C=C/C/C=C/CCCCCCCCCC(=O)O[C@H](COC(=O)/C=C/C=C/CCCCCCCCCCCCC)COP(=O)(O)O. The Kier molecular flexibility index (Phi) is 35.3. The van der Waals surface area contributed by atoms with E-state index in [1.807, 2.05) is 6.08 Å². The van der Waals surface area contributed by atoms with Crippen molar-refractivity contribution >= 4 is 19.8 Å². The molecule has 0 saturated carbocycles. The highest BCUT2D eigenvalue weighted by atomic mass is 31.2. The van der Waals surface area contributed by atoms with Gasteiger partial charge in [-0.1, -0.05) is 166 Å². The molecule has 0 aromatic rings. The summed E-state index contributed by atoms with van der Waals surface area (Å²) in [5.74, 6) is -1.15. The minimum absolute atomic E-state index is 0.183. The summed E-state index contributed by atoms with van der Waals surface area (Å²) in [7, 11) is -4.77. The molecule has 0 aromatic carbocycles. The van der Waals surface area contributed by atoms with Crippen molar-refractivity contribution in [2.45, 2.75) is 187 Å². The largest absolute Gasteiger partial charge is 0.469 e. The van der Waals surface area contributed by atoms with Gasteiger partial charge < -0.3 is 19.3 Å². The fourth-order valence-corrected chi connectivity index (χ4v) is 5.79. The molecule has 50 heavy (non-hydrogen) atoms. The van der Waals surface area contributed by atoms with Crippen LogP contribution in [0.3, 0.4) is 0 Å². The Labute approximate surface area is 305 Å². The van der Waals surface area contributed by atoms with Gasteiger partial charge in [0.15, 0.2) is 6.10 Å². The maximum Gasteiger partial charge on any atom is 0.469 e. The third-order valence-electron chi connectivity index (χ3n) is 8.42. The Morgan fingerprint density at radius 3 is 1.58 bits per heavy atom. The minimum Gasteiger partial charge on any atom is -0.458 e. The third-order valence-corrected chi connectivity index (χ3v) is 8.91. The lowest BCUT2D eigenvalue weighted by atomic mass is 10.1. The highest BCUT2D eigenvalue weighted by Crippen LogP contribution is 2.36. The first-order valence-electron chi connectivity index (χ1n) is 20.0. The van der Waals surface area contributed by atoms with Gasteiger partial charge in [0.05, 0.1) is 6.61 Å². The summed E-state index contributed by atoms with van der Waals surface area (Å²) in [4.78, 5) is 42.6. The number of phosphoric acid groups is 1. The number of carbonyl (C=O) groups excluding carboxylic acids is 2. The van der Waals surface area contributed by atoms with Gasteiger partial charge in [0, 0.05) is 12.5 Å². The topological polar surface area (TPSA) is 119 Å². The highest BCUT2D eigenvalue weighted by molar-refractivity contribution is 7.46. The molecule has 0 fully saturated rings. The number of hydrogen-bond donors (Lipinski definition) is 2. The molecule has 2 N–H and O–H groups in total. The minimum atomic E-state index is -4.77. The van der Waals surface area contributed by atoms with Gasteiger partial charge in [0.25, 0.3) is 0 Å². The summed E-state index contributed by atoms with van der Waals surface area (Å²) in [5, 5.41) is 0. The van der Waals surface area contributed by atoms with E-state index < -0.39 is 32.5 Å². The van der Waals surface area contributed by atoms with Crippen LogP contribution in [0, 0.1) is 0 Å². The summed E-state index contributed by atoms with van der Waals surface area (Å²) >= 11 is 0. The van der Waals surface area contributed by atoms with E-state index in [2.05, 4.69) is 42.7 Å². The Morgan fingerprint density at radius 2 is 1.04 bits per heavy atom. The van der Waals surface area contributed by atoms with E-state index in [1.165, 1.54) is 115 Å². The van der Waals surface area contributed by atoms with Gasteiger partial charge in [-0.15, -0.1) is 0 Å². The summed E-state index contributed by atoms with van der Waals surface area (Å²) in [6.07, 6.45) is 44.6. The lowest BCUT2D eigenvalue weighted by Crippen LogP contribution is -2.29. The van der Waals surface area contributed by atoms with Crippen molar-refractivity contribution in [2.75, 3.05) is 13.2 Å². The average Bonchev–Trinajstić information content (AvgIpc) is 3.08. The van der Waals surface area contributed by atoms with Crippen molar-refractivity contribution in [2.24, 2.45) is 0 Å². The zero-order valence-electron chi connectivity index (χ0n) is 31.8. The molecular formula is C41H73O8P. The molecule has 0 unspecified atom stereocenters. The quantitative estimate of drug-likeness (QED) is 0.0164. The van der Waals surface area contributed by atoms with Crippen molar-refractivity contribution in [1.82, 2.24) is 0 Å². The van der Waals surface area contributed by atoms with E-state index in [0.717, 1.165) is 44.9 Å². The fourth-order valence-electron chi connectivity index (χ4n) is 5.43. The predicted octanol–water partition coefficient (Wildman–Crippen LogP) is 12.0. The fraction of sp³-hybridized carbons (Fsp3) is 0.756. The first-order valence-corrected chi connectivity index (χ1v) is 21.5. The van der Waals surface area contributed by atoms with Gasteiger partial charge in [-0.05, 0) is 51.4 Å². The number of rotatable bonds is 36. The molecule has 0 aliphatic carbocycles. The monoisotopic (exact) mass is 725 g/mol. The second-order valence-corrected chi connectivity index (χ2v) is 14.6. The Balaban J connectivity index is 4.05. The summed E-state index contributed by atoms with van der Waals surface area (Å²) in [6.45, 7) is 3.54. The standard InChI is InChI=1S/C41H73O8P/c1-3-5-7-9-11-13-15-17-19-20-22-24-26-28-30-32-34-36-41(43)49-39(38-48-50(44,45)46)37-47-40(42)35-33-31-29-27-25-23-21-18-16-14-12-10-8-6-4-2/h11,13,17,19,29,31,33,35,39H,3-10,12,14-16,18,20-28,30,32,34,36-38H2,1-2H3,(H2,44,45,46)/b13-11+,19-17+,31-29+,35-33+/t39-/m1/s1. The van der Waals surface area contributed by atoms with E-state index in [9.17, 15) is 14.2 Å². The number of hydrogen-bond acceptors (Lipinski definition) is 6. The van der Waals surface area contributed by atoms with E-state index in [-0.39, 0.29) is 13.0 Å². The first kappa shape index (κ1) is 48.0. The molecule has 0 amide bonds. The molecule has 0 bridgehead atoms. The number of carbonyl (C=O) groups is 2. The van der Waals surface area contributed by atoms with Crippen molar-refractivity contribution in [3.05, 3.63) is 48.6 Å². The molecule has 0 radical (unpaired) electrons. The van der Waals surface area contributed by atoms with Crippen LogP contribution in [0.2, 0.25) is 0 Å². The predicted molar refractivity (Wildman–Crippen MR) is 207 cm³/mol. The van der Waals surface area contributed by atoms with Crippen LogP contribution in [0.4, 0.5) is 0 Å². The Hall–Kier alpha value is -1.99. The second kappa shape index (κ2) is 36.8. The average molecular weight is 725 g/mol. The van der Waals surface area contributed by atoms with E-state index in [4.69, 9.17) is 19.3 Å². The molecule has 9 heteroatoms. The van der Waals surface area contributed by atoms with Crippen LogP contribution in [-0.4, -0.2) is 41.0 Å². The van der Waals surface area contributed by atoms with E-state index in [1.54, 1.807) is 12.2 Å². The van der Waals surface area contributed by atoms with Gasteiger partial charge in [0.2, 0.25) is 0 Å². The molecule has 0 heterocycles. The molecule has 1 atom stereocenters. The van der Waals surface area contributed by atoms with Crippen LogP contribution in [0.15, 0.2) is 48.6 Å². The lowest BCUT2D eigenvalue weighted by molar-refractivity contribution is -0.159. The smallest absolute Gasteiger partial charge is 0.458 e. The van der Waals surface area contributed by atoms with Gasteiger partial charge in [-0.25, -0.2) is 9.36 Å². The molecule has 0 aliphatic rings. The number of allylic oxidation sites excluding steroid dienone is 7. The summed E-state index contributed by atoms with van der Waals surface area (Å²) < 4.78 is 26.2. The molecule has 0 spiro atoms. The molecule has 8 nitrogen and oxygen atoms in total. The molecule has 0 rings (SSSR count). The maximum atomic E-state index is 12.4. The van der Waals surface area contributed by atoms with Crippen molar-refractivity contribution in [3.8, 4) is 0 Å².